The summed E-state index contributed by atoms with van der Waals surface area (Å²) in [7, 11) is 0. The molecular weight excluding hydrogens is 275 g/mol. The Hall–Kier alpha value is -1.06. The van der Waals surface area contributed by atoms with E-state index in [4.69, 9.17) is 11.6 Å². The standard InChI is InChI=1S/C11H6BrClN2/c12-9-6-14-11-10-7(4-5-15(9)11)2-1-3-8(10)13/h1-6H. The van der Waals surface area contributed by atoms with Gasteiger partial charge in [0.2, 0.25) is 0 Å². The average molecular weight is 282 g/mol. The van der Waals surface area contributed by atoms with Crippen molar-refractivity contribution in [2.75, 3.05) is 0 Å². The van der Waals surface area contributed by atoms with E-state index in [1.165, 1.54) is 0 Å². The topological polar surface area (TPSA) is 17.3 Å². The van der Waals surface area contributed by atoms with Gasteiger partial charge < -0.3 is 0 Å². The molecule has 0 saturated carbocycles. The van der Waals surface area contributed by atoms with Crippen LogP contribution in [0.25, 0.3) is 16.4 Å². The summed E-state index contributed by atoms with van der Waals surface area (Å²) < 4.78 is 2.90. The van der Waals surface area contributed by atoms with E-state index in [1.54, 1.807) is 6.20 Å². The zero-order valence-corrected chi connectivity index (χ0v) is 9.96. The van der Waals surface area contributed by atoms with Gasteiger partial charge in [-0.15, -0.1) is 0 Å². The van der Waals surface area contributed by atoms with Crippen molar-refractivity contribution in [1.29, 1.82) is 0 Å². The highest BCUT2D eigenvalue weighted by Gasteiger charge is 2.07. The van der Waals surface area contributed by atoms with Gasteiger partial charge in [0.15, 0.2) is 0 Å². The number of rotatable bonds is 0. The van der Waals surface area contributed by atoms with Crippen LogP contribution in [0.5, 0.6) is 0 Å². The number of pyridine rings is 1. The van der Waals surface area contributed by atoms with Crippen LogP contribution >= 0.6 is 27.5 Å². The number of halogens is 2. The van der Waals surface area contributed by atoms with Crippen molar-refractivity contribution in [2.24, 2.45) is 0 Å². The van der Waals surface area contributed by atoms with Crippen LogP contribution in [0.4, 0.5) is 0 Å². The largest absolute Gasteiger partial charge is 0.294 e. The Morgan fingerprint density at radius 3 is 3.00 bits per heavy atom. The summed E-state index contributed by atoms with van der Waals surface area (Å²) >= 11 is 9.61. The Bertz CT molecular complexity index is 660. The van der Waals surface area contributed by atoms with E-state index in [0.29, 0.717) is 0 Å². The fraction of sp³-hybridized carbons (Fsp3) is 0. The van der Waals surface area contributed by atoms with Gasteiger partial charge in [0, 0.05) is 11.6 Å². The Morgan fingerprint density at radius 2 is 2.13 bits per heavy atom. The molecule has 0 radical (unpaired) electrons. The Morgan fingerprint density at radius 1 is 1.27 bits per heavy atom. The van der Waals surface area contributed by atoms with Gasteiger partial charge in [0.1, 0.15) is 10.3 Å². The van der Waals surface area contributed by atoms with Crippen molar-refractivity contribution in [2.45, 2.75) is 0 Å². The Labute approximate surface area is 99.6 Å². The van der Waals surface area contributed by atoms with E-state index in [9.17, 15) is 0 Å². The first-order valence-electron chi connectivity index (χ1n) is 4.47. The van der Waals surface area contributed by atoms with Crippen molar-refractivity contribution < 1.29 is 0 Å². The van der Waals surface area contributed by atoms with Crippen LogP contribution < -0.4 is 0 Å². The number of hydrogen-bond donors (Lipinski definition) is 0. The molecule has 0 spiro atoms. The number of nitrogens with zero attached hydrogens (tertiary/aromatic N) is 2. The second-order valence-corrected chi connectivity index (χ2v) is 4.51. The molecule has 0 aliphatic rings. The van der Waals surface area contributed by atoms with Crippen molar-refractivity contribution in [1.82, 2.24) is 9.38 Å². The van der Waals surface area contributed by atoms with Crippen LogP contribution in [0.3, 0.4) is 0 Å². The zero-order chi connectivity index (χ0) is 10.4. The summed E-state index contributed by atoms with van der Waals surface area (Å²) in [6.45, 7) is 0. The van der Waals surface area contributed by atoms with Crippen LogP contribution in [0, 0.1) is 0 Å². The quantitative estimate of drug-likeness (QED) is 0.611. The molecule has 3 aromatic rings. The van der Waals surface area contributed by atoms with E-state index in [0.717, 1.165) is 26.0 Å². The molecule has 0 N–H and O–H groups in total. The molecule has 0 saturated heterocycles. The number of benzene rings is 1. The summed E-state index contributed by atoms with van der Waals surface area (Å²) in [6.07, 6.45) is 3.75. The number of aromatic nitrogens is 2. The third-order valence-electron chi connectivity index (χ3n) is 2.42. The third kappa shape index (κ3) is 1.27. The molecule has 74 valence electrons. The van der Waals surface area contributed by atoms with Crippen LogP contribution in [0.15, 0.2) is 41.3 Å². The number of imidazole rings is 1. The highest BCUT2D eigenvalue weighted by Crippen LogP contribution is 2.28. The monoisotopic (exact) mass is 280 g/mol. The molecule has 2 nitrogen and oxygen atoms in total. The van der Waals surface area contributed by atoms with Gasteiger partial charge in [0.05, 0.1) is 11.2 Å². The molecule has 2 heterocycles. The molecule has 0 aliphatic carbocycles. The molecule has 15 heavy (non-hydrogen) atoms. The molecule has 1 aromatic carbocycles. The summed E-state index contributed by atoms with van der Waals surface area (Å²) in [5.74, 6) is 0. The fourth-order valence-electron chi connectivity index (χ4n) is 1.74. The summed E-state index contributed by atoms with van der Waals surface area (Å²) in [4.78, 5) is 4.34. The van der Waals surface area contributed by atoms with Crippen LogP contribution in [-0.4, -0.2) is 9.38 Å². The van der Waals surface area contributed by atoms with Gasteiger partial charge in [-0.05, 0) is 33.4 Å². The fourth-order valence-corrected chi connectivity index (χ4v) is 2.39. The van der Waals surface area contributed by atoms with Gasteiger partial charge in [-0.3, -0.25) is 4.40 Å². The summed E-state index contributed by atoms with van der Waals surface area (Å²) in [5, 5.41) is 2.83. The van der Waals surface area contributed by atoms with E-state index < -0.39 is 0 Å². The van der Waals surface area contributed by atoms with Crippen LogP contribution in [-0.2, 0) is 0 Å². The van der Waals surface area contributed by atoms with Gasteiger partial charge in [0.25, 0.3) is 0 Å². The molecule has 0 amide bonds. The molecule has 3 rings (SSSR count). The molecule has 4 heteroatoms. The lowest BCUT2D eigenvalue weighted by molar-refractivity contribution is 1.17. The molecular formula is C11H6BrClN2. The van der Waals surface area contributed by atoms with E-state index in [2.05, 4.69) is 20.9 Å². The lowest BCUT2D eigenvalue weighted by Gasteiger charge is -2.02. The van der Waals surface area contributed by atoms with Crippen molar-refractivity contribution in [3.63, 3.8) is 0 Å². The predicted molar refractivity (Wildman–Crippen MR) is 65.4 cm³/mol. The van der Waals surface area contributed by atoms with E-state index in [-0.39, 0.29) is 0 Å². The van der Waals surface area contributed by atoms with Gasteiger partial charge >= 0.3 is 0 Å². The highest BCUT2D eigenvalue weighted by molar-refractivity contribution is 9.10. The zero-order valence-electron chi connectivity index (χ0n) is 7.61. The Balaban J connectivity index is 2.64. The molecule has 0 unspecified atom stereocenters. The maximum Gasteiger partial charge on any atom is 0.147 e. The molecule has 2 aromatic heterocycles. The second-order valence-electron chi connectivity index (χ2n) is 3.29. The molecule has 0 atom stereocenters. The maximum absolute atomic E-state index is 6.18. The average Bonchev–Trinajstić information content (AvgIpc) is 2.61. The highest BCUT2D eigenvalue weighted by atomic mass is 79.9. The normalized spacial score (nSPS) is 11.3. The van der Waals surface area contributed by atoms with Crippen molar-refractivity contribution in [3.8, 4) is 0 Å². The van der Waals surface area contributed by atoms with Gasteiger partial charge in [-0.1, -0.05) is 23.7 Å². The van der Waals surface area contributed by atoms with Gasteiger partial charge in [-0.2, -0.15) is 0 Å². The molecule has 0 fully saturated rings. The minimum Gasteiger partial charge on any atom is -0.294 e. The van der Waals surface area contributed by atoms with Crippen molar-refractivity contribution >= 4 is 44.0 Å². The maximum atomic E-state index is 6.18. The SMILES string of the molecule is Clc1cccc2ccn3c(Br)cnc3c12. The first kappa shape index (κ1) is 9.19. The summed E-state index contributed by atoms with van der Waals surface area (Å²) in [5.41, 5.74) is 0.880. The third-order valence-corrected chi connectivity index (χ3v) is 3.33. The minimum absolute atomic E-state index is 0.733. The van der Waals surface area contributed by atoms with Gasteiger partial charge in [-0.25, -0.2) is 4.98 Å². The first-order valence-corrected chi connectivity index (χ1v) is 5.64. The van der Waals surface area contributed by atoms with Crippen molar-refractivity contribution in [3.05, 3.63) is 46.3 Å². The molecule has 0 bridgehead atoms. The number of hydrogen-bond acceptors (Lipinski definition) is 1. The smallest absolute Gasteiger partial charge is 0.147 e. The van der Waals surface area contributed by atoms with Crippen LogP contribution in [0.2, 0.25) is 5.02 Å². The second kappa shape index (κ2) is 3.22. The molecule has 0 aliphatic heterocycles. The lowest BCUT2D eigenvalue weighted by atomic mass is 10.2. The number of fused-ring (bicyclic) bond motifs is 3. The predicted octanol–water partition coefficient (Wildman–Crippen LogP) is 3.90. The minimum atomic E-state index is 0.733. The van der Waals surface area contributed by atoms with Crippen LogP contribution in [0.1, 0.15) is 0 Å². The lowest BCUT2D eigenvalue weighted by Crippen LogP contribution is -1.86. The van der Waals surface area contributed by atoms with E-state index in [1.807, 2.05) is 34.9 Å². The summed E-state index contributed by atoms with van der Waals surface area (Å²) in [6, 6.07) is 7.88. The first-order chi connectivity index (χ1) is 7.27. The Kier molecular flexibility index (Phi) is 1.97. The van der Waals surface area contributed by atoms with E-state index >= 15 is 0 Å².